The van der Waals surface area contributed by atoms with Gasteiger partial charge in [0.1, 0.15) is 23.7 Å². The molecule has 0 radical (unpaired) electrons. The second-order valence-corrected chi connectivity index (χ2v) is 15.1. The molecule has 0 bridgehead atoms. The Morgan fingerprint density at radius 3 is 1.84 bits per heavy atom. The third-order valence-electron chi connectivity index (χ3n) is 10.1. The first kappa shape index (κ1) is 45.0. The van der Waals surface area contributed by atoms with Crippen molar-refractivity contribution in [3.63, 3.8) is 0 Å². The minimum Gasteiger partial charge on any atom is -0.480 e. The topological polar surface area (TPSA) is 235 Å². The monoisotopic (exact) mass is 764 g/mol. The third kappa shape index (κ3) is 15.4. The van der Waals surface area contributed by atoms with E-state index in [-0.39, 0.29) is 50.1 Å². The molecule has 0 spiro atoms. The van der Waals surface area contributed by atoms with Gasteiger partial charge in [0.05, 0.1) is 6.04 Å². The molecular formula is C41H64N8O6. The summed E-state index contributed by atoms with van der Waals surface area (Å²) in [5, 5.41) is 21.7. The van der Waals surface area contributed by atoms with E-state index >= 15 is 0 Å². The van der Waals surface area contributed by atoms with Crippen LogP contribution in [0.5, 0.6) is 0 Å². The molecule has 0 unspecified atom stereocenters. The molecule has 3 rings (SSSR count). The van der Waals surface area contributed by atoms with Gasteiger partial charge in [-0.3, -0.25) is 24.0 Å². The SMILES string of the molecule is CC(C)C[C@@H](NC(=O)[C@@H](CCc1ccccc1)NC(=O)[C@@H](Cc1ccccc1)NCCCN)C(=O)N[C@H](CCCCCN)C(=O)N1CCC(N)(C(=O)O)CC1. The van der Waals surface area contributed by atoms with Crippen molar-refractivity contribution in [3.05, 3.63) is 71.8 Å². The summed E-state index contributed by atoms with van der Waals surface area (Å²) in [4.78, 5) is 69.2. The van der Waals surface area contributed by atoms with Gasteiger partial charge in [-0.05, 0) is 94.5 Å². The Morgan fingerprint density at radius 2 is 1.25 bits per heavy atom. The van der Waals surface area contributed by atoms with Crippen molar-refractivity contribution in [2.24, 2.45) is 23.1 Å². The summed E-state index contributed by atoms with van der Waals surface area (Å²) in [7, 11) is 0. The lowest BCUT2D eigenvalue weighted by molar-refractivity contribution is -0.148. The zero-order valence-corrected chi connectivity index (χ0v) is 32.6. The fourth-order valence-corrected chi connectivity index (χ4v) is 6.72. The zero-order chi connectivity index (χ0) is 40.2. The van der Waals surface area contributed by atoms with Crippen LogP contribution in [-0.2, 0) is 36.8 Å². The number of aryl methyl sites for hydroxylation is 1. The molecule has 0 aromatic heterocycles. The zero-order valence-electron chi connectivity index (χ0n) is 32.6. The molecule has 14 nitrogen and oxygen atoms in total. The molecule has 4 amide bonds. The van der Waals surface area contributed by atoms with Crippen LogP contribution in [0.15, 0.2) is 60.7 Å². The van der Waals surface area contributed by atoms with Crippen molar-refractivity contribution in [1.29, 1.82) is 0 Å². The first-order valence-electron chi connectivity index (χ1n) is 19.8. The number of carbonyl (C=O) groups is 5. The average Bonchev–Trinajstić information content (AvgIpc) is 3.17. The molecule has 14 heteroatoms. The standard InChI is InChI=1S/C41H64N8O6/c1-29(2)27-35(38(52)47-33(17-10-5-11-22-42)39(53)49-25-20-41(44,21-26-49)40(54)55)48-36(50)32(19-18-30-13-6-3-7-14-30)46-37(51)34(45-24-12-23-43)28-31-15-8-4-9-16-31/h3-4,6-9,13-16,29,32-35,45H,5,10-12,17-28,42-44H2,1-2H3,(H,46,51)(H,47,52)(H,48,50)(H,54,55)/t32-,33-,34-,35-/m1/s1. The number of carboxylic acids is 1. The van der Waals surface area contributed by atoms with Crippen molar-refractivity contribution in [3.8, 4) is 0 Å². The number of likely N-dealkylation sites (tertiary alicyclic amines) is 1. The van der Waals surface area contributed by atoms with Crippen LogP contribution in [-0.4, -0.2) is 102 Å². The molecule has 0 saturated carbocycles. The van der Waals surface area contributed by atoms with E-state index in [2.05, 4.69) is 21.3 Å². The molecule has 2 aromatic rings. The second-order valence-electron chi connectivity index (χ2n) is 15.1. The van der Waals surface area contributed by atoms with Crippen LogP contribution in [0.1, 0.15) is 82.8 Å². The molecule has 304 valence electrons. The van der Waals surface area contributed by atoms with Crippen molar-refractivity contribution >= 4 is 29.6 Å². The van der Waals surface area contributed by atoms with Crippen LogP contribution in [0.2, 0.25) is 0 Å². The number of hydrogen-bond donors (Lipinski definition) is 8. The molecule has 1 aliphatic heterocycles. The molecule has 2 aromatic carbocycles. The van der Waals surface area contributed by atoms with Crippen LogP contribution in [0.25, 0.3) is 0 Å². The van der Waals surface area contributed by atoms with Gasteiger partial charge in [-0.25, -0.2) is 0 Å². The molecule has 55 heavy (non-hydrogen) atoms. The summed E-state index contributed by atoms with van der Waals surface area (Å²) in [5.74, 6) is -2.76. The van der Waals surface area contributed by atoms with E-state index < -0.39 is 47.5 Å². The Hall–Kier alpha value is -4.37. The first-order chi connectivity index (χ1) is 26.4. The number of hydrogen-bond acceptors (Lipinski definition) is 9. The largest absolute Gasteiger partial charge is 0.480 e. The highest BCUT2D eigenvalue weighted by Crippen LogP contribution is 2.22. The van der Waals surface area contributed by atoms with Crippen LogP contribution in [0, 0.1) is 5.92 Å². The van der Waals surface area contributed by atoms with Crippen molar-refractivity contribution in [2.75, 3.05) is 32.7 Å². The maximum absolute atomic E-state index is 14.2. The molecule has 4 atom stereocenters. The Kier molecular flexibility index (Phi) is 19.3. The number of piperidine rings is 1. The van der Waals surface area contributed by atoms with Crippen LogP contribution in [0.3, 0.4) is 0 Å². The molecule has 0 aliphatic carbocycles. The van der Waals surface area contributed by atoms with E-state index in [0.29, 0.717) is 58.2 Å². The van der Waals surface area contributed by atoms with Crippen LogP contribution >= 0.6 is 0 Å². The van der Waals surface area contributed by atoms with E-state index in [1.165, 1.54) is 0 Å². The summed E-state index contributed by atoms with van der Waals surface area (Å²) in [6.45, 7) is 5.67. The fraction of sp³-hybridized carbons (Fsp3) is 0.585. The van der Waals surface area contributed by atoms with Gasteiger partial charge in [0, 0.05) is 13.1 Å². The predicted octanol–water partition coefficient (Wildman–Crippen LogP) is 1.59. The van der Waals surface area contributed by atoms with E-state index in [0.717, 1.165) is 24.0 Å². The number of unbranched alkanes of at least 4 members (excludes halogenated alkanes) is 2. The van der Waals surface area contributed by atoms with E-state index in [4.69, 9.17) is 17.2 Å². The van der Waals surface area contributed by atoms with Gasteiger partial charge in [0.25, 0.3) is 0 Å². The van der Waals surface area contributed by atoms with Gasteiger partial charge in [-0.1, -0.05) is 87.4 Å². The van der Waals surface area contributed by atoms with Crippen LogP contribution < -0.4 is 38.5 Å². The Morgan fingerprint density at radius 1 is 0.709 bits per heavy atom. The normalized spacial score (nSPS) is 16.1. The number of carbonyl (C=O) groups excluding carboxylic acids is 4. The van der Waals surface area contributed by atoms with Gasteiger partial charge in [0.15, 0.2) is 0 Å². The molecular weight excluding hydrogens is 701 g/mol. The Balaban J connectivity index is 1.82. The first-order valence-corrected chi connectivity index (χ1v) is 19.8. The highest BCUT2D eigenvalue weighted by atomic mass is 16.4. The van der Waals surface area contributed by atoms with Crippen LogP contribution in [0.4, 0.5) is 0 Å². The quantitative estimate of drug-likeness (QED) is 0.0719. The van der Waals surface area contributed by atoms with Gasteiger partial charge in [-0.15, -0.1) is 0 Å². The minimum absolute atomic E-state index is 0.00454. The van der Waals surface area contributed by atoms with Crippen molar-refractivity contribution in [2.45, 2.75) is 114 Å². The Bertz CT molecular complexity index is 1490. The summed E-state index contributed by atoms with van der Waals surface area (Å²) < 4.78 is 0. The maximum atomic E-state index is 14.2. The van der Waals surface area contributed by atoms with Gasteiger partial charge in [0.2, 0.25) is 23.6 Å². The summed E-state index contributed by atoms with van der Waals surface area (Å²) >= 11 is 0. The molecule has 1 fully saturated rings. The van der Waals surface area contributed by atoms with Crippen molar-refractivity contribution in [1.82, 2.24) is 26.2 Å². The molecule has 1 heterocycles. The molecule has 1 aliphatic rings. The smallest absolute Gasteiger partial charge is 0.323 e. The van der Waals surface area contributed by atoms with Gasteiger partial charge >= 0.3 is 5.97 Å². The number of nitrogens with zero attached hydrogens (tertiary/aromatic N) is 1. The fourth-order valence-electron chi connectivity index (χ4n) is 6.72. The lowest BCUT2D eigenvalue weighted by atomic mass is 9.88. The summed E-state index contributed by atoms with van der Waals surface area (Å²) in [5.41, 5.74) is 18.0. The van der Waals surface area contributed by atoms with Crippen molar-refractivity contribution < 1.29 is 29.1 Å². The number of nitrogens with one attached hydrogen (secondary N) is 4. The lowest BCUT2D eigenvalue weighted by Crippen LogP contribution is -2.60. The molecule has 11 N–H and O–H groups in total. The van der Waals surface area contributed by atoms with Gasteiger partial charge < -0.3 is 48.5 Å². The number of carboxylic acid groups (broad SMARTS) is 1. The number of benzene rings is 2. The molecule has 1 saturated heterocycles. The van der Waals surface area contributed by atoms with E-state index in [1.807, 2.05) is 74.5 Å². The lowest BCUT2D eigenvalue weighted by Gasteiger charge is -2.38. The van der Waals surface area contributed by atoms with Gasteiger partial charge in [-0.2, -0.15) is 0 Å². The number of aliphatic carboxylic acids is 1. The number of rotatable bonds is 24. The van der Waals surface area contributed by atoms with E-state index in [1.54, 1.807) is 4.90 Å². The second kappa shape index (κ2) is 23.5. The predicted molar refractivity (Wildman–Crippen MR) is 214 cm³/mol. The highest BCUT2D eigenvalue weighted by molar-refractivity contribution is 5.95. The maximum Gasteiger partial charge on any atom is 0.323 e. The summed E-state index contributed by atoms with van der Waals surface area (Å²) in [6.07, 6.45) is 4.88. The Labute approximate surface area is 326 Å². The highest BCUT2D eigenvalue weighted by Gasteiger charge is 2.40. The number of nitrogens with two attached hydrogens (primary N) is 3. The average molecular weight is 765 g/mol. The summed E-state index contributed by atoms with van der Waals surface area (Å²) in [6, 6.07) is 15.8. The van der Waals surface area contributed by atoms with E-state index in [9.17, 15) is 29.1 Å². The minimum atomic E-state index is -1.40. The number of amides is 4. The third-order valence-corrected chi connectivity index (χ3v) is 10.1.